The van der Waals surface area contributed by atoms with E-state index in [2.05, 4.69) is 4.74 Å². The second kappa shape index (κ2) is 5.51. The average Bonchev–Trinajstić information content (AvgIpc) is 2.28. The summed E-state index contributed by atoms with van der Waals surface area (Å²) in [4.78, 5) is 11.1. The van der Waals surface area contributed by atoms with Gasteiger partial charge in [-0.1, -0.05) is 11.6 Å². The topological polar surface area (TPSA) is 55.8 Å². The molecule has 0 aliphatic carbocycles. The summed E-state index contributed by atoms with van der Waals surface area (Å²) in [5.41, 5.74) is 1.60. The molecule has 0 aliphatic heterocycles. The van der Waals surface area contributed by atoms with E-state index in [-0.39, 0.29) is 6.42 Å². The Morgan fingerprint density at radius 2 is 2.12 bits per heavy atom. The molecule has 1 aromatic carbocycles. The van der Waals surface area contributed by atoms with Crippen molar-refractivity contribution in [3.05, 3.63) is 29.3 Å². The zero-order valence-electron chi connectivity index (χ0n) is 9.69. The van der Waals surface area contributed by atoms with Crippen LogP contribution in [0, 0.1) is 6.92 Å². The van der Waals surface area contributed by atoms with Crippen LogP contribution in [0.15, 0.2) is 18.2 Å². The highest BCUT2D eigenvalue weighted by Crippen LogP contribution is 2.28. The lowest BCUT2D eigenvalue weighted by Crippen LogP contribution is -2.09. The van der Waals surface area contributed by atoms with Gasteiger partial charge in [0.25, 0.3) is 0 Å². The summed E-state index contributed by atoms with van der Waals surface area (Å²) < 4.78 is 9.63. The number of esters is 1. The van der Waals surface area contributed by atoms with Crippen LogP contribution < -0.4 is 4.74 Å². The molecule has 0 bridgehead atoms. The van der Waals surface area contributed by atoms with E-state index in [1.807, 2.05) is 13.0 Å². The van der Waals surface area contributed by atoms with Crippen molar-refractivity contribution in [3.63, 3.8) is 0 Å². The molecule has 0 amide bonds. The average molecular weight is 224 g/mol. The summed E-state index contributed by atoms with van der Waals surface area (Å²) in [5.74, 6) is 0.123. The summed E-state index contributed by atoms with van der Waals surface area (Å²) >= 11 is 0. The number of aliphatic hydroxyl groups excluding tert-OH is 1. The molecular formula is C12H16O4. The molecule has 1 N–H and O–H groups in total. The summed E-state index contributed by atoms with van der Waals surface area (Å²) in [5, 5.41) is 9.88. The van der Waals surface area contributed by atoms with Crippen molar-refractivity contribution < 1.29 is 19.4 Å². The number of carbonyl (C=O) groups is 1. The van der Waals surface area contributed by atoms with Gasteiger partial charge in [0.1, 0.15) is 5.75 Å². The van der Waals surface area contributed by atoms with E-state index < -0.39 is 12.1 Å². The lowest BCUT2D eigenvalue weighted by atomic mass is 10.0. The highest BCUT2D eigenvalue weighted by molar-refractivity contribution is 5.70. The van der Waals surface area contributed by atoms with E-state index in [0.717, 1.165) is 5.56 Å². The van der Waals surface area contributed by atoms with Crippen LogP contribution in [0.25, 0.3) is 0 Å². The molecule has 0 aliphatic rings. The van der Waals surface area contributed by atoms with Gasteiger partial charge in [-0.05, 0) is 19.1 Å². The summed E-state index contributed by atoms with van der Waals surface area (Å²) in [6.07, 6.45) is -0.974. The molecule has 1 atom stereocenters. The minimum absolute atomic E-state index is 0.0731. The van der Waals surface area contributed by atoms with Gasteiger partial charge in [-0.25, -0.2) is 0 Å². The Bertz CT molecular complexity index is 373. The Labute approximate surface area is 94.8 Å². The van der Waals surface area contributed by atoms with Gasteiger partial charge < -0.3 is 14.6 Å². The van der Waals surface area contributed by atoms with Crippen molar-refractivity contribution >= 4 is 5.97 Å². The standard InChI is InChI=1S/C12H16O4/c1-8-4-5-11(15-2)9(6-8)10(13)7-12(14)16-3/h4-6,10,13H,7H2,1-3H3/t10-/m0/s1. The molecule has 0 spiro atoms. The lowest BCUT2D eigenvalue weighted by Gasteiger charge is -2.14. The fourth-order valence-corrected chi connectivity index (χ4v) is 1.47. The minimum atomic E-state index is -0.901. The van der Waals surface area contributed by atoms with E-state index in [9.17, 15) is 9.90 Å². The van der Waals surface area contributed by atoms with E-state index in [0.29, 0.717) is 11.3 Å². The molecule has 1 rings (SSSR count). The molecule has 88 valence electrons. The molecule has 0 heterocycles. The summed E-state index contributed by atoms with van der Waals surface area (Å²) in [6.45, 7) is 1.91. The van der Waals surface area contributed by atoms with Gasteiger partial charge in [-0.2, -0.15) is 0 Å². The molecule has 0 aromatic heterocycles. The lowest BCUT2D eigenvalue weighted by molar-refractivity contribution is -0.142. The van der Waals surface area contributed by atoms with E-state index in [4.69, 9.17) is 4.74 Å². The van der Waals surface area contributed by atoms with Crippen LogP contribution in [0.3, 0.4) is 0 Å². The Hall–Kier alpha value is -1.55. The zero-order valence-corrected chi connectivity index (χ0v) is 9.69. The Morgan fingerprint density at radius 1 is 1.44 bits per heavy atom. The van der Waals surface area contributed by atoms with Crippen LogP contribution in [-0.2, 0) is 9.53 Å². The van der Waals surface area contributed by atoms with Gasteiger partial charge >= 0.3 is 5.97 Å². The maximum atomic E-state index is 11.1. The quantitative estimate of drug-likeness (QED) is 0.789. The molecule has 4 nitrogen and oxygen atoms in total. The van der Waals surface area contributed by atoms with Crippen molar-refractivity contribution in [2.24, 2.45) is 0 Å². The monoisotopic (exact) mass is 224 g/mol. The molecule has 0 saturated heterocycles. The number of rotatable bonds is 4. The van der Waals surface area contributed by atoms with Crippen LogP contribution in [-0.4, -0.2) is 25.3 Å². The SMILES string of the molecule is COC(=O)C[C@H](O)c1cc(C)ccc1OC. The van der Waals surface area contributed by atoms with E-state index >= 15 is 0 Å². The molecule has 0 saturated carbocycles. The molecule has 1 aromatic rings. The van der Waals surface area contributed by atoms with Gasteiger partial charge in [0.2, 0.25) is 0 Å². The number of benzene rings is 1. The van der Waals surface area contributed by atoms with Crippen molar-refractivity contribution in [1.29, 1.82) is 0 Å². The van der Waals surface area contributed by atoms with Gasteiger partial charge in [0.15, 0.2) is 0 Å². The fraction of sp³-hybridized carbons (Fsp3) is 0.417. The fourth-order valence-electron chi connectivity index (χ4n) is 1.47. The van der Waals surface area contributed by atoms with E-state index in [1.165, 1.54) is 14.2 Å². The molecule has 0 fully saturated rings. The third kappa shape index (κ3) is 2.97. The first-order valence-electron chi connectivity index (χ1n) is 4.98. The Balaban J connectivity index is 2.92. The number of carbonyl (C=O) groups excluding carboxylic acids is 1. The first-order valence-corrected chi connectivity index (χ1v) is 4.98. The molecule has 0 radical (unpaired) electrons. The largest absolute Gasteiger partial charge is 0.496 e. The van der Waals surface area contributed by atoms with Crippen LogP contribution in [0.1, 0.15) is 23.7 Å². The first kappa shape index (κ1) is 12.5. The third-order valence-corrected chi connectivity index (χ3v) is 2.33. The van der Waals surface area contributed by atoms with Gasteiger partial charge in [-0.3, -0.25) is 4.79 Å². The minimum Gasteiger partial charge on any atom is -0.496 e. The number of ether oxygens (including phenoxy) is 2. The Kier molecular flexibility index (Phi) is 4.31. The highest BCUT2D eigenvalue weighted by atomic mass is 16.5. The number of hydrogen-bond acceptors (Lipinski definition) is 4. The van der Waals surface area contributed by atoms with Crippen molar-refractivity contribution in [2.45, 2.75) is 19.4 Å². The van der Waals surface area contributed by atoms with Crippen molar-refractivity contribution in [1.82, 2.24) is 0 Å². The smallest absolute Gasteiger partial charge is 0.308 e. The zero-order chi connectivity index (χ0) is 12.1. The molecule has 0 unspecified atom stereocenters. The van der Waals surface area contributed by atoms with Crippen LogP contribution in [0.2, 0.25) is 0 Å². The number of hydrogen-bond donors (Lipinski definition) is 1. The first-order chi connectivity index (χ1) is 7.58. The number of aliphatic hydroxyl groups is 1. The third-order valence-electron chi connectivity index (χ3n) is 2.33. The van der Waals surface area contributed by atoms with Crippen LogP contribution in [0.5, 0.6) is 5.75 Å². The molecular weight excluding hydrogens is 208 g/mol. The Morgan fingerprint density at radius 3 is 2.69 bits per heavy atom. The highest BCUT2D eigenvalue weighted by Gasteiger charge is 2.17. The van der Waals surface area contributed by atoms with Gasteiger partial charge in [-0.15, -0.1) is 0 Å². The van der Waals surface area contributed by atoms with E-state index in [1.54, 1.807) is 12.1 Å². The maximum absolute atomic E-state index is 11.1. The maximum Gasteiger partial charge on any atom is 0.308 e. The normalized spacial score (nSPS) is 12.0. The summed E-state index contributed by atoms with van der Waals surface area (Å²) in [7, 11) is 2.82. The predicted molar refractivity (Wildman–Crippen MR) is 59.3 cm³/mol. The molecule has 4 heteroatoms. The number of aryl methyl sites for hydroxylation is 1. The van der Waals surface area contributed by atoms with Crippen molar-refractivity contribution in [3.8, 4) is 5.75 Å². The second-order valence-corrected chi connectivity index (χ2v) is 3.54. The van der Waals surface area contributed by atoms with Crippen LogP contribution >= 0.6 is 0 Å². The second-order valence-electron chi connectivity index (χ2n) is 3.54. The van der Waals surface area contributed by atoms with Gasteiger partial charge in [0, 0.05) is 5.56 Å². The predicted octanol–water partition coefficient (Wildman–Crippen LogP) is 1.60. The van der Waals surface area contributed by atoms with Gasteiger partial charge in [0.05, 0.1) is 26.7 Å². The summed E-state index contributed by atoms with van der Waals surface area (Å²) in [6, 6.07) is 5.45. The van der Waals surface area contributed by atoms with Crippen LogP contribution in [0.4, 0.5) is 0 Å². The van der Waals surface area contributed by atoms with Crippen molar-refractivity contribution in [2.75, 3.05) is 14.2 Å². The molecule has 16 heavy (non-hydrogen) atoms. The number of methoxy groups -OCH3 is 2.